The van der Waals surface area contributed by atoms with E-state index in [2.05, 4.69) is 5.32 Å². The van der Waals surface area contributed by atoms with Gasteiger partial charge in [-0.25, -0.2) is 16.8 Å². The Labute approximate surface area is 220 Å². The number of unbranched alkanes of at least 4 members (excludes halogenated alkanes) is 1. The number of nitrogens with zero attached hydrogens (tertiary/aromatic N) is 1. The van der Waals surface area contributed by atoms with E-state index in [0.29, 0.717) is 12.2 Å². The van der Waals surface area contributed by atoms with Crippen LogP contribution < -0.4 is 10.1 Å². The lowest BCUT2D eigenvalue weighted by molar-refractivity contribution is -0.125. The number of aliphatic hydroxyl groups excluding tert-OH is 1. The molecular formula is C26H38N2O7S2. The maximum absolute atomic E-state index is 13.5. The molecule has 0 heterocycles. The van der Waals surface area contributed by atoms with Crippen molar-refractivity contribution >= 4 is 25.8 Å². The zero-order chi connectivity index (χ0) is 27.6. The van der Waals surface area contributed by atoms with Crippen LogP contribution in [0, 0.1) is 5.92 Å². The van der Waals surface area contributed by atoms with Crippen LogP contribution in [0.5, 0.6) is 5.75 Å². The average molecular weight is 555 g/mol. The Balaban J connectivity index is 2.31. The molecule has 0 bridgehead atoms. The molecule has 0 aromatic heterocycles. The molecule has 2 rings (SSSR count). The minimum atomic E-state index is -3.94. The summed E-state index contributed by atoms with van der Waals surface area (Å²) in [5.74, 6) is -1.17. The lowest BCUT2D eigenvalue weighted by Crippen LogP contribution is -2.52. The molecule has 1 amide bonds. The van der Waals surface area contributed by atoms with Crippen LogP contribution in [-0.2, 0) is 31.1 Å². The van der Waals surface area contributed by atoms with Gasteiger partial charge >= 0.3 is 0 Å². The summed E-state index contributed by atoms with van der Waals surface area (Å²) in [6.07, 6.45) is 1.38. The van der Waals surface area contributed by atoms with Crippen LogP contribution in [0.1, 0.15) is 32.3 Å². The molecule has 0 fully saturated rings. The van der Waals surface area contributed by atoms with Crippen LogP contribution in [0.25, 0.3) is 0 Å². The van der Waals surface area contributed by atoms with Crippen LogP contribution in [0.3, 0.4) is 0 Å². The lowest BCUT2D eigenvalue weighted by Gasteiger charge is -2.30. The Bertz CT molecular complexity index is 1200. The molecule has 2 N–H and O–H groups in total. The van der Waals surface area contributed by atoms with Crippen molar-refractivity contribution in [2.24, 2.45) is 5.92 Å². The number of sulfonamides is 1. The van der Waals surface area contributed by atoms with Gasteiger partial charge in [0.15, 0.2) is 0 Å². The summed E-state index contributed by atoms with van der Waals surface area (Å²) in [5, 5.41) is 14.0. The van der Waals surface area contributed by atoms with Crippen molar-refractivity contribution in [3.8, 4) is 5.75 Å². The van der Waals surface area contributed by atoms with E-state index in [1.165, 1.54) is 30.5 Å². The van der Waals surface area contributed by atoms with Crippen LogP contribution in [0.2, 0.25) is 0 Å². The SMILES string of the molecule is CCCCN(CC(O)[C@H](Cc1ccccc1)NC(=O)C(C)CS(C)(=O)=O)S(=O)(=O)c1ccc(OC)cc1. The molecule has 0 aliphatic carbocycles. The molecule has 11 heteroatoms. The van der Waals surface area contributed by atoms with Crippen molar-refractivity contribution in [2.45, 2.75) is 50.2 Å². The highest BCUT2D eigenvalue weighted by molar-refractivity contribution is 7.90. The highest BCUT2D eigenvalue weighted by Crippen LogP contribution is 2.21. The van der Waals surface area contributed by atoms with Crippen molar-refractivity contribution in [3.63, 3.8) is 0 Å². The van der Waals surface area contributed by atoms with Gasteiger partial charge in [0, 0.05) is 25.3 Å². The quantitative estimate of drug-likeness (QED) is 0.345. The first-order chi connectivity index (χ1) is 17.4. The Morgan fingerprint density at radius 1 is 1.05 bits per heavy atom. The average Bonchev–Trinajstić information content (AvgIpc) is 2.85. The van der Waals surface area contributed by atoms with Crippen molar-refractivity contribution in [1.82, 2.24) is 9.62 Å². The third-order valence-electron chi connectivity index (χ3n) is 5.94. The summed E-state index contributed by atoms with van der Waals surface area (Å²) < 4.78 is 56.6. The molecule has 37 heavy (non-hydrogen) atoms. The minimum absolute atomic E-state index is 0.0713. The fraction of sp³-hybridized carbons (Fsp3) is 0.500. The second-order valence-electron chi connectivity index (χ2n) is 9.26. The van der Waals surface area contributed by atoms with Gasteiger partial charge in [-0.05, 0) is 42.7 Å². The molecule has 0 spiro atoms. The lowest BCUT2D eigenvalue weighted by atomic mass is 10.00. The third-order valence-corrected chi connectivity index (χ3v) is 8.92. The molecule has 0 radical (unpaired) electrons. The van der Waals surface area contributed by atoms with Crippen LogP contribution in [-0.4, -0.2) is 76.5 Å². The van der Waals surface area contributed by atoms with Crippen molar-refractivity contribution in [1.29, 1.82) is 0 Å². The maximum atomic E-state index is 13.5. The summed E-state index contributed by atoms with van der Waals surface area (Å²) in [7, 11) is -5.84. The number of hydrogen-bond acceptors (Lipinski definition) is 7. The molecule has 2 unspecified atom stereocenters. The molecule has 2 aromatic carbocycles. The largest absolute Gasteiger partial charge is 0.497 e. The number of amides is 1. The topological polar surface area (TPSA) is 130 Å². The maximum Gasteiger partial charge on any atom is 0.243 e. The first kappa shape index (κ1) is 30.8. The van der Waals surface area contributed by atoms with Gasteiger partial charge in [0.2, 0.25) is 15.9 Å². The smallest absolute Gasteiger partial charge is 0.243 e. The number of rotatable bonds is 15. The van der Waals surface area contributed by atoms with E-state index in [1.54, 1.807) is 12.1 Å². The van der Waals surface area contributed by atoms with Gasteiger partial charge in [0.25, 0.3) is 0 Å². The molecule has 0 saturated carbocycles. The highest BCUT2D eigenvalue weighted by Gasteiger charge is 2.31. The molecule has 2 aromatic rings. The predicted octanol–water partition coefficient (Wildman–Crippen LogP) is 2.26. The van der Waals surface area contributed by atoms with Gasteiger partial charge in [0.1, 0.15) is 15.6 Å². The molecule has 3 atom stereocenters. The number of methoxy groups -OCH3 is 1. The fourth-order valence-electron chi connectivity index (χ4n) is 3.88. The van der Waals surface area contributed by atoms with E-state index in [-0.39, 0.29) is 30.2 Å². The first-order valence-electron chi connectivity index (χ1n) is 12.2. The van der Waals surface area contributed by atoms with Crippen LogP contribution >= 0.6 is 0 Å². The molecule has 0 aliphatic heterocycles. The number of ether oxygens (including phenoxy) is 1. The fourth-order valence-corrected chi connectivity index (χ4v) is 6.44. The van der Waals surface area contributed by atoms with Gasteiger partial charge in [-0.1, -0.05) is 50.6 Å². The molecule has 0 saturated heterocycles. The van der Waals surface area contributed by atoms with Gasteiger partial charge in [-0.2, -0.15) is 4.31 Å². The van der Waals surface area contributed by atoms with Crippen molar-refractivity contribution < 1.29 is 31.5 Å². The Morgan fingerprint density at radius 2 is 1.68 bits per heavy atom. The number of aliphatic hydroxyl groups is 1. The summed E-state index contributed by atoms with van der Waals surface area (Å²) in [4.78, 5) is 12.9. The summed E-state index contributed by atoms with van der Waals surface area (Å²) >= 11 is 0. The number of nitrogens with one attached hydrogen (secondary N) is 1. The predicted molar refractivity (Wildman–Crippen MR) is 144 cm³/mol. The van der Waals surface area contributed by atoms with Crippen molar-refractivity contribution in [3.05, 3.63) is 60.2 Å². The van der Waals surface area contributed by atoms with E-state index in [4.69, 9.17) is 4.74 Å². The van der Waals surface area contributed by atoms with Gasteiger partial charge in [-0.15, -0.1) is 0 Å². The van der Waals surface area contributed by atoms with E-state index in [1.807, 2.05) is 37.3 Å². The van der Waals surface area contributed by atoms with E-state index in [9.17, 15) is 26.7 Å². The second kappa shape index (κ2) is 13.9. The Kier molecular flexibility index (Phi) is 11.5. The number of carbonyl (C=O) groups excluding carboxylic acids is 1. The van der Waals surface area contributed by atoms with Crippen LogP contribution in [0.15, 0.2) is 59.5 Å². The Hall–Kier alpha value is -2.47. The van der Waals surface area contributed by atoms with E-state index in [0.717, 1.165) is 18.2 Å². The summed E-state index contributed by atoms with van der Waals surface area (Å²) in [5.41, 5.74) is 0.834. The van der Waals surface area contributed by atoms with Crippen molar-refractivity contribution in [2.75, 3.05) is 32.2 Å². The van der Waals surface area contributed by atoms with Crippen LogP contribution in [0.4, 0.5) is 0 Å². The second-order valence-corrected chi connectivity index (χ2v) is 13.4. The standard InChI is InChI=1S/C26H38N2O7S2/c1-5-6-16-28(37(33,34)23-14-12-22(35-3)13-15-23)18-25(29)24(17-21-10-8-7-9-11-21)27-26(30)20(2)19-36(4,31)32/h7-15,20,24-25,29H,5-6,16-19H2,1-4H3,(H,27,30)/t20?,24-,25?/m0/s1. The number of hydrogen-bond donors (Lipinski definition) is 2. The monoisotopic (exact) mass is 554 g/mol. The molecular weight excluding hydrogens is 516 g/mol. The number of carbonyl (C=O) groups is 1. The summed E-state index contributed by atoms with van der Waals surface area (Å²) in [6.45, 7) is 3.39. The third kappa shape index (κ3) is 9.73. The minimum Gasteiger partial charge on any atom is -0.497 e. The van der Waals surface area contributed by atoms with Gasteiger partial charge < -0.3 is 15.2 Å². The summed E-state index contributed by atoms with van der Waals surface area (Å²) in [6, 6.07) is 14.4. The zero-order valence-corrected chi connectivity index (χ0v) is 23.5. The van der Waals surface area contributed by atoms with E-state index >= 15 is 0 Å². The molecule has 206 valence electrons. The molecule has 9 nitrogen and oxygen atoms in total. The van der Waals surface area contributed by atoms with Gasteiger partial charge in [0.05, 0.1) is 29.9 Å². The van der Waals surface area contributed by atoms with Gasteiger partial charge in [-0.3, -0.25) is 4.79 Å². The first-order valence-corrected chi connectivity index (χ1v) is 15.7. The van der Waals surface area contributed by atoms with E-state index < -0.39 is 43.8 Å². The number of sulfone groups is 1. The number of benzene rings is 2. The Morgan fingerprint density at radius 3 is 2.22 bits per heavy atom. The normalized spacial score (nSPS) is 14.6. The molecule has 0 aliphatic rings. The highest BCUT2D eigenvalue weighted by atomic mass is 32.2. The zero-order valence-electron chi connectivity index (χ0n) is 21.8.